The highest BCUT2D eigenvalue weighted by Gasteiger charge is 2.29. The van der Waals surface area contributed by atoms with Crippen molar-refractivity contribution >= 4 is 17.5 Å². The van der Waals surface area contributed by atoms with Gasteiger partial charge in [-0.1, -0.05) is 18.2 Å². The summed E-state index contributed by atoms with van der Waals surface area (Å²) < 4.78 is 29.2. The van der Waals surface area contributed by atoms with Crippen molar-refractivity contribution in [2.75, 3.05) is 18.5 Å². The molecule has 0 saturated heterocycles. The molecule has 1 aromatic heterocycles. The molecule has 2 aromatic rings. The van der Waals surface area contributed by atoms with Crippen molar-refractivity contribution in [2.24, 2.45) is 0 Å². The van der Waals surface area contributed by atoms with E-state index in [-0.39, 0.29) is 29.8 Å². The number of anilines is 1. The maximum Gasteiger partial charge on any atom is 0.272 e. The Morgan fingerprint density at radius 3 is 2.92 bits per heavy atom. The second-order valence-corrected chi connectivity index (χ2v) is 5.75. The van der Waals surface area contributed by atoms with Crippen molar-refractivity contribution in [1.82, 2.24) is 10.3 Å². The van der Waals surface area contributed by atoms with Crippen LogP contribution in [0.3, 0.4) is 0 Å². The quantitative estimate of drug-likeness (QED) is 0.794. The zero-order chi connectivity index (χ0) is 18.5. The molecule has 0 bridgehead atoms. The number of carbonyl (C=O) groups is 2. The molecule has 136 valence electrons. The molecule has 1 aromatic carbocycles. The van der Waals surface area contributed by atoms with E-state index < -0.39 is 18.9 Å². The van der Waals surface area contributed by atoms with Crippen LogP contribution in [-0.4, -0.2) is 36.4 Å². The van der Waals surface area contributed by atoms with Gasteiger partial charge in [-0.3, -0.25) is 14.6 Å². The van der Waals surface area contributed by atoms with Crippen LogP contribution in [0, 0.1) is 0 Å². The number of amides is 2. The van der Waals surface area contributed by atoms with E-state index in [1.807, 2.05) is 24.3 Å². The van der Waals surface area contributed by atoms with Gasteiger partial charge in [-0.15, -0.1) is 0 Å². The van der Waals surface area contributed by atoms with E-state index in [1.54, 1.807) is 0 Å². The molecule has 2 heterocycles. The summed E-state index contributed by atoms with van der Waals surface area (Å²) in [6, 6.07) is 10.1. The highest BCUT2D eigenvalue weighted by Crippen LogP contribution is 2.33. The van der Waals surface area contributed by atoms with Crippen LogP contribution in [0.25, 0.3) is 0 Å². The van der Waals surface area contributed by atoms with Crippen LogP contribution in [0.15, 0.2) is 42.6 Å². The molecular formula is C18H17F2N3O3. The van der Waals surface area contributed by atoms with Gasteiger partial charge in [0.1, 0.15) is 18.1 Å². The highest BCUT2D eigenvalue weighted by molar-refractivity contribution is 6.02. The van der Waals surface area contributed by atoms with Crippen molar-refractivity contribution in [3.8, 4) is 5.75 Å². The molecule has 0 unspecified atom stereocenters. The van der Waals surface area contributed by atoms with Gasteiger partial charge < -0.3 is 15.4 Å². The third-order valence-electron chi connectivity index (χ3n) is 3.97. The molecular weight excluding hydrogens is 344 g/mol. The first kappa shape index (κ1) is 17.8. The van der Waals surface area contributed by atoms with Crippen LogP contribution >= 0.6 is 0 Å². The summed E-state index contributed by atoms with van der Waals surface area (Å²) in [5.41, 5.74) is 1.76. The molecule has 8 heteroatoms. The Kier molecular flexibility index (Phi) is 5.40. The number of ether oxygens (including phenoxy) is 1. The Labute approximate surface area is 148 Å². The third kappa shape index (κ3) is 4.14. The maximum atomic E-state index is 12.2. The molecule has 2 amide bonds. The number of aromatic nitrogens is 1. The number of benzene rings is 1. The number of nitrogens with one attached hydrogen (secondary N) is 2. The molecule has 6 nitrogen and oxygen atoms in total. The topological polar surface area (TPSA) is 80.3 Å². The van der Waals surface area contributed by atoms with E-state index in [9.17, 15) is 18.4 Å². The van der Waals surface area contributed by atoms with Gasteiger partial charge >= 0.3 is 0 Å². The standard InChI is InChI=1S/C18H17F2N3O3/c19-16(20)10-26-11-5-7-21-15(9-11)18(25)22-8-6-13-12-3-1-2-4-14(12)23-17(13)24/h1-5,7,9,13,16H,6,8,10H2,(H,22,25)(H,23,24)/t13-/m0/s1. The molecule has 0 fully saturated rings. The van der Waals surface area contributed by atoms with Gasteiger partial charge in [0.2, 0.25) is 5.91 Å². The summed E-state index contributed by atoms with van der Waals surface area (Å²) in [6.45, 7) is -0.476. The van der Waals surface area contributed by atoms with Gasteiger partial charge in [0.05, 0.1) is 5.92 Å². The Hall–Kier alpha value is -3.03. The molecule has 1 aliphatic heterocycles. The van der Waals surface area contributed by atoms with Gasteiger partial charge in [-0.25, -0.2) is 8.78 Å². The van der Waals surface area contributed by atoms with Gasteiger partial charge in [-0.05, 0) is 24.1 Å². The number of halogens is 2. The average Bonchev–Trinajstić information content (AvgIpc) is 2.95. The summed E-state index contributed by atoms with van der Waals surface area (Å²) in [5, 5.41) is 5.49. The van der Waals surface area contributed by atoms with E-state index in [1.165, 1.54) is 18.3 Å². The Morgan fingerprint density at radius 2 is 2.12 bits per heavy atom. The fourth-order valence-electron chi connectivity index (χ4n) is 2.77. The second-order valence-electron chi connectivity index (χ2n) is 5.75. The second kappa shape index (κ2) is 7.90. The molecule has 1 aliphatic rings. The molecule has 3 rings (SSSR count). The first-order chi connectivity index (χ1) is 12.5. The van der Waals surface area contributed by atoms with Gasteiger partial charge in [-0.2, -0.15) is 0 Å². The van der Waals surface area contributed by atoms with Crippen LogP contribution in [0.2, 0.25) is 0 Å². The predicted octanol–water partition coefficient (Wildman–Crippen LogP) is 2.58. The lowest BCUT2D eigenvalue weighted by molar-refractivity contribution is -0.117. The summed E-state index contributed by atoms with van der Waals surface area (Å²) in [7, 11) is 0. The number of rotatable bonds is 7. The zero-order valence-electron chi connectivity index (χ0n) is 13.7. The largest absolute Gasteiger partial charge is 0.488 e. The number of para-hydroxylation sites is 1. The van der Waals surface area contributed by atoms with E-state index in [0.29, 0.717) is 6.42 Å². The van der Waals surface area contributed by atoms with Crippen LogP contribution in [0.5, 0.6) is 5.75 Å². The van der Waals surface area contributed by atoms with Gasteiger partial charge in [0, 0.05) is 24.5 Å². The first-order valence-corrected chi connectivity index (χ1v) is 8.09. The number of alkyl halides is 2. The van der Waals surface area contributed by atoms with Crippen LogP contribution in [0.4, 0.5) is 14.5 Å². The lowest BCUT2D eigenvalue weighted by atomic mass is 9.97. The van der Waals surface area contributed by atoms with E-state index in [4.69, 9.17) is 4.74 Å². The SMILES string of the molecule is O=C(NCC[C@@H]1C(=O)Nc2ccccc21)c1cc(OCC(F)F)ccn1. The van der Waals surface area contributed by atoms with Crippen molar-refractivity contribution in [3.05, 3.63) is 53.9 Å². The van der Waals surface area contributed by atoms with Crippen molar-refractivity contribution in [3.63, 3.8) is 0 Å². The number of nitrogens with zero attached hydrogens (tertiary/aromatic N) is 1. The monoisotopic (exact) mass is 361 g/mol. The van der Waals surface area contributed by atoms with Crippen molar-refractivity contribution < 1.29 is 23.1 Å². The number of fused-ring (bicyclic) bond motifs is 1. The van der Waals surface area contributed by atoms with Crippen LogP contribution < -0.4 is 15.4 Å². The normalized spacial score (nSPS) is 15.5. The molecule has 0 radical (unpaired) electrons. The number of pyridine rings is 1. The third-order valence-corrected chi connectivity index (χ3v) is 3.97. The molecule has 1 atom stereocenters. The molecule has 0 aliphatic carbocycles. The van der Waals surface area contributed by atoms with Crippen LogP contribution in [-0.2, 0) is 4.79 Å². The molecule has 0 saturated carbocycles. The molecule has 2 N–H and O–H groups in total. The van der Waals surface area contributed by atoms with E-state index in [2.05, 4.69) is 15.6 Å². The number of hydrogen-bond donors (Lipinski definition) is 2. The van der Waals surface area contributed by atoms with Crippen molar-refractivity contribution in [2.45, 2.75) is 18.8 Å². The number of carbonyl (C=O) groups excluding carboxylic acids is 2. The summed E-state index contributed by atoms with van der Waals surface area (Å²) in [4.78, 5) is 28.1. The van der Waals surface area contributed by atoms with Gasteiger partial charge in [0.15, 0.2) is 0 Å². The fourth-order valence-corrected chi connectivity index (χ4v) is 2.77. The minimum Gasteiger partial charge on any atom is -0.488 e. The maximum absolute atomic E-state index is 12.2. The van der Waals surface area contributed by atoms with E-state index in [0.717, 1.165) is 11.3 Å². The first-order valence-electron chi connectivity index (χ1n) is 8.09. The van der Waals surface area contributed by atoms with E-state index >= 15 is 0 Å². The lowest BCUT2D eigenvalue weighted by Gasteiger charge is -2.10. The zero-order valence-corrected chi connectivity index (χ0v) is 13.7. The van der Waals surface area contributed by atoms with Crippen molar-refractivity contribution in [1.29, 1.82) is 0 Å². The average molecular weight is 361 g/mol. The van der Waals surface area contributed by atoms with Crippen LogP contribution in [0.1, 0.15) is 28.4 Å². The minimum atomic E-state index is -2.60. The lowest BCUT2D eigenvalue weighted by Crippen LogP contribution is -2.27. The Balaban J connectivity index is 1.55. The fraction of sp³-hybridized carbons (Fsp3) is 0.278. The smallest absolute Gasteiger partial charge is 0.272 e. The Bertz CT molecular complexity index is 814. The minimum absolute atomic E-state index is 0.0630. The summed E-state index contributed by atoms with van der Waals surface area (Å²) in [6.07, 6.45) is -0.840. The predicted molar refractivity (Wildman–Crippen MR) is 90.5 cm³/mol. The number of hydrogen-bond acceptors (Lipinski definition) is 4. The molecule has 26 heavy (non-hydrogen) atoms. The molecule has 0 spiro atoms. The highest BCUT2D eigenvalue weighted by atomic mass is 19.3. The summed E-state index contributed by atoms with van der Waals surface area (Å²) >= 11 is 0. The van der Waals surface area contributed by atoms with Gasteiger partial charge in [0.25, 0.3) is 12.3 Å². The Morgan fingerprint density at radius 1 is 1.31 bits per heavy atom. The summed E-state index contributed by atoms with van der Waals surface area (Å²) in [5.74, 6) is -0.727.